The van der Waals surface area contributed by atoms with Crippen molar-refractivity contribution in [3.8, 4) is 0 Å². The highest BCUT2D eigenvalue weighted by Crippen LogP contribution is 2.15. The van der Waals surface area contributed by atoms with Gasteiger partial charge in [-0.3, -0.25) is 9.59 Å². The van der Waals surface area contributed by atoms with Gasteiger partial charge >= 0.3 is 0 Å². The maximum Gasteiger partial charge on any atom is 0.242 e. The molecule has 2 amide bonds. The van der Waals surface area contributed by atoms with Gasteiger partial charge in [0.15, 0.2) is 0 Å². The first-order valence-corrected chi connectivity index (χ1v) is 10.2. The number of halogens is 1. The molecule has 5 heteroatoms. The van der Waals surface area contributed by atoms with Gasteiger partial charge in [-0.2, -0.15) is 0 Å². The fourth-order valence-electron chi connectivity index (χ4n) is 2.87. The molecule has 2 aromatic carbocycles. The summed E-state index contributed by atoms with van der Waals surface area (Å²) < 4.78 is 0. The zero-order valence-corrected chi connectivity index (χ0v) is 17.6. The number of amides is 2. The summed E-state index contributed by atoms with van der Waals surface area (Å²) in [6, 6.07) is 16.8. The summed E-state index contributed by atoms with van der Waals surface area (Å²) in [6.07, 6.45) is 1.85. The molecule has 0 spiro atoms. The molecule has 0 unspecified atom stereocenters. The highest BCUT2D eigenvalue weighted by atomic mass is 35.5. The van der Waals surface area contributed by atoms with Gasteiger partial charge in [0.05, 0.1) is 0 Å². The van der Waals surface area contributed by atoms with E-state index < -0.39 is 6.04 Å². The standard InChI is InChI=1S/C23H29ClN2O2/c1-4-17(2)25-23(28)18(3)26(16-20-10-13-21(24)14-11-20)22(27)15-12-19-8-6-5-7-9-19/h5-11,13-14,17-18H,4,12,15-16H2,1-3H3,(H,25,28)/t17-,18+/m1/s1. The SMILES string of the molecule is CC[C@@H](C)NC(=O)[C@H](C)N(Cc1ccc(Cl)cc1)C(=O)CCc1ccccc1. The van der Waals surface area contributed by atoms with E-state index in [1.807, 2.05) is 56.3 Å². The van der Waals surface area contributed by atoms with E-state index in [2.05, 4.69) is 5.32 Å². The molecule has 0 aliphatic carbocycles. The predicted octanol–water partition coefficient (Wildman–Crippen LogP) is 4.60. The number of aryl methyl sites for hydroxylation is 1. The van der Waals surface area contributed by atoms with Crippen LogP contribution in [0.4, 0.5) is 0 Å². The van der Waals surface area contributed by atoms with Crippen LogP contribution < -0.4 is 5.32 Å². The van der Waals surface area contributed by atoms with Crippen LogP contribution in [0.3, 0.4) is 0 Å². The summed E-state index contributed by atoms with van der Waals surface area (Å²) in [6.45, 7) is 6.14. The lowest BCUT2D eigenvalue weighted by Gasteiger charge is -2.30. The summed E-state index contributed by atoms with van der Waals surface area (Å²) in [4.78, 5) is 27.3. The Labute approximate surface area is 172 Å². The minimum atomic E-state index is -0.548. The lowest BCUT2D eigenvalue weighted by Crippen LogP contribution is -2.49. The van der Waals surface area contributed by atoms with E-state index in [0.29, 0.717) is 24.4 Å². The Bertz CT molecular complexity index is 762. The van der Waals surface area contributed by atoms with Crippen molar-refractivity contribution in [1.82, 2.24) is 10.2 Å². The molecule has 150 valence electrons. The summed E-state index contributed by atoms with van der Waals surface area (Å²) in [5.41, 5.74) is 2.06. The second kappa shape index (κ2) is 10.9. The van der Waals surface area contributed by atoms with Crippen LogP contribution in [0.25, 0.3) is 0 Å². The largest absolute Gasteiger partial charge is 0.352 e. The molecule has 0 saturated heterocycles. The molecule has 0 radical (unpaired) electrons. The molecule has 0 aliphatic heterocycles. The van der Waals surface area contributed by atoms with E-state index in [1.165, 1.54) is 0 Å². The summed E-state index contributed by atoms with van der Waals surface area (Å²) >= 11 is 5.97. The van der Waals surface area contributed by atoms with Crippen LogP contribution in [0.15, 0.2) is 54.6 Å². The fourth-order valence-corrected chi connectivity index (χ4v) is 3.00. The van der Waals surface area contributed by atoms with Crippen LogP contribution in [-0.2, 0) is 22.6 Å². The number of rotatable bonds is 9. The Hall–Kier alpha value is -2.33. The molecule has 0 aliphatic rings. The Morgan fingerprint density at radius 3 is 2.25 bits per heavy atom. The van der Waals surface area contributed by atoms with Crippen molar-refractivity contribution in [2.75, 3.05) is 0 Å². The van der Waals surface area contributed by atoms with Crippen LogP contribution >= 0.6 is 11.6 Å². The summed E-state index contributed by atoms with van der Waals surface area (Å²) in [5, 5.41) is 3.63. The Morgan fingerprint density at radius 1 is 1.00 bits per heavy atom. The van der Waals surface area contributed by atoms with Gasteiger partial charge in [0.1, 0.15) is 6.04 Å². The molecule has 0 aromatic heterocycles. The van der Waals surface area contributed by atoms with Gasteiger partial charge in [-0.25, -0.2) is 0 Å². The van der Waals surface area contributed by atoms with Crippen LogP contribution in [0, 0.1) is 0 Å². The highest BCUT2D eigenvalue weighted by Gasteiger charge is 2.26. The maximum atomic E-state index is 13.0. The lowest BCUT2D eigenvalue weighted by atomic mass is 10.1. The zero-order chi connectivity index (χ0) is 20.5. The average Bonchev–Trinajstić information content (AvgIpc) is 2.71. The third-order valence-electron chi connectivity index (χ3n) is 4.90. The third-order valence-corrected chi connectivity index (χ3v) is 5.16. The number of benzene rings is 2. The normalized spacial score (nSPS) is 12.9. The van der Waals surface area contributed by atoms with E-state index >= 15 is 0 Å². The van der Waals surface area contributed by atoms with Crippen molar-refractivity contribution >= 4 is 23.4 Å². The number of carbonyl (C=O) groups is 2. The summed E-state index contributed by atoms with van der Waals surface area (Å²) in [5.74, 6) is -0.165. The van der Waals surface area contributed by atoms with Gasteiger partial charge in [-0.1, -0.05) is 61.0 Å². The second-order valence-corrected chi connectivity index (χ2v) is 7.56. The van der Waals surface area contributed by atoms with Gasteiger partial charge in [0.2, 0.25) is 11.8 Å². The minimum absolute atomic E-state index is 0.0365. The molecule has 28 heavy (non-hydrogen) atoms. The first kappa shape index (κ1) is 22.0. The van der Waals surface area contributed by atoms with E-state index in [1.54, 1.807) is 24.0 Å². The number of nitrogens with zero attached hydrogens (tertiary/aromatic N) is 1. The van der Waals surface area contributed by atoms with Gasteiger partial charge in [0.25, 0.3) is 0 Å². The number of carbonyl (C=O) groups excluding carboxylic acids is 2. The Kier molecular flexibility index (Phi) is 8.52. The molecule has 0 saturated carbocycles. The van der Waals surface area contributed by atoms with Gasteiger partial charge in [-0.15, -0.1) is 0 Å². The number of hydrogen-bond donors (Lipinski definition) is 1. The third kappa shape index (κ3) is 6.68. The monoisotopic (exact) mass is 400 g/mol. The van der Waals surface area contributed by atoms with E-state index in [4.69, 9.17) is 11.6 Å². The first-order valence-electron chi connectivity index (χ1n) is 9.79. The first-order chi connectivity index (χ1) is 13.4. The topological polar surface area (TPSA) is 49.4 Å². The molecule has 0 heterocycles. The van der Waals surface area contributed by atoms with Gasteiger partial charge in [-0.05, 0) is 49.9 Å². The van der Waals surface area contributed by atoms with Gasteiger partial charge < -0.3 is 10.2 Å². The van der Waals surface area contributed by atoms with E-state index in [-0.39, 0.29) is 17.9 Å². The van der Waals surface area contributed by atoms with Crippen molar-refractivity contribution < 1.29 is 9.59 Å². The molecule has 2 atom stereocenters. The molecule has 0 bridgehead atoms. The minimum Gasteiger partial charge on any atom is -0.352 e. The van der Waals surface area contributed by atoms with Crippen LogP contribution in [0.2, 0.25) is 5.02 Å². The molecular formula is C23H29ClN2O2. The zero-order valence-electron chi connectivity index (χ0n) is 16.8. The van der Waals surface area contributed by atoms with Crippen molar-refractivity contribution in [2.24, 2.45) is 0 Å². The van der Waals surface area contributed by atoms with Crippen LogP contribution in [-0.4, -0.2) is 28.8 Å². The van der Waals surface area contributed by atoms with Crippen LogP contribution in [0.5, 0.6) is 0 Å². The van der Waals surface area contributed by atoms with E-state index in [0.717, 1.165) is 17.5 Å². The predicted molar refractivity (Wildman–Crippen MR) is 114 cm³/mol. The Balaban J connectivity index is 2.12. The molecule has 2 aromatic rings. The molecular weight excluding hydrogens is 372 g/mol. The number of nitrogens with one attached hydrogen (secondary N) is 1. The Morgan fingerprint density at radius 2 is 1.64 bits per heavy atom. The molecule has 1 N–H and O–H groups in total. The van der Waals surface area contributed by atoms with Crippen molar-refractivity contribution in [3.63, 3.8) is 0 Å². The molecule has 4 nitrogen and oxygen atoms in total. The van der Waals surface area contributed by atoms with Crippen molar-refractivity contribution in [3.05, 3.63) is 70.7 Å². The smallest absolute Gasteiger partial charge is 0.242 e. The van der Waals surface area contributed by atoms with Gasteiger partial charge in [0, 0.05) is 24.0 Å². The van der Waals surface area contributed by atoms with Crippen LogP contribution in [0.1, 0.15) is 44.7 Å². The van der Waals surface area contributed by atoms with Crippen molar-refractivity contribution in [2.45, 2.75) is 58.7 Å². The number of hydrogen-bond acceptors (Lipinski definition) is 2. The molecule has 0 fully saturated rings. The second-order valence-electron chi connectivity index (χ2n) is 7.13. The summed E-state index contributed by atoms with van der Waals surface area (Å²) in [7, 11) is 0. The lowest BCUT2D eigenvalue weighted by molar-refractivity contribution is -0.140. The highest BCUT2D eigenvalue weighted by molar-refractivity contribution is 6.30. The quantitative estimate of drug-likeness (QED) is 0.668. The molecule has 2 rings (SSSR count). The van der Waals surface area contributed by atoms with E-state index in [9.17, 15) is 9.59 Å². The average molecular weight is 401 g/mol. The fraction of sp³-hybridized carbons (Fsp3) is 0.391. The van der Waals surface area contributed by atoms with Crippen molar-refractivity contribution in [1.29, 1.82) is 0 Å². The maximum absolute atomic E-state index is 13.0.